The molecule has 108 valence electrons. The van der Waals surface area contributed by atoms with Crippen LogP contribution in [-0.4, -0.2) is 14.5 Å². The molecule has 4 heteroatoms. The summed E-state index contributed by atoms with van der Waals surface area (Å²) in [7, 11) is 0. The second kappa shape index (κ2) is 6.78. The predicted octanol–water partition coefficient (Wildman–Crippen LogP) is 3.80. The van der Waals surface area contributed by atoms with Gasteiger partial charge in [-0.1, -0.05) is 48.5 Å². The van der Waals surface area contributed by atoms with Crippen LogP contribution in [0.3, 0.4) is 0 Å². The van der Waals surface area contributed by atoms with Crippen molar-refractivity contribution in [3.05, 3.63) is 22.9 Å². The van der Waals surface area contributed by atoms with Gasteiger partial charge in [0.1, 0.15) is 0 Å². The number of nitrogens with zero attached hydrogens (tertiary/aromatic N) is 2. The minimum Gasteiger partial charge on any atom is -0.299 e. The summed E-state index contributed by atoms with van der Waals surface area (Å²) in [6.45, 7) is 3.80. The normalized spacial score (nSPS) is 19.3. The van der Waals surface area contributed by atoms with E-state index in [2.05, 4.69) is 22.9 Å². The number of imidazole rings is 1. The first-order valence-corrected chi connectivity index (χ1v) is 8.64. The zero-order chi connectivity index (χ0) is 13.7. The first kappa shape index (κ1) is 14.9. The minimum absolute atomic E-state index is 0.159. The highest BCUT2D eigenvalue weighted by Gasteiger charge is 2.30. The molecule has 1 aliphatic rings. The van der Waals surface area contributed by atoms with E-state index < -0.39 is 0 Å². The molecule has 1 heterocycles. The van der Waals surface area contributed by atoms with E-state index in [1.807, 2.05) is 21.5 Å². The predicted molar refractivity (Wildman–Crippen MR) is 82.9 cm³/mol. The lowest BCUT2D eigenvalue weighted by Gasteiger charge is -2.30. The van der Waals surface area contributed by atoms with Crippen molar-refractivity contribution in [3.63, 3.8) is 0 Å². The molecular formula is C15H25BrN2O. The standard InChI is InChI=1S/C15H25BrN2O/c1-2-9-17-10-11-18(14(17)19)13-15(12-16)7-5-3-4-6-8-15/h10-11H,2-9,12-13H2,1H3. The van der Waals surface area contributed by atoms with Crippen LogP contribution in [0.1, 0.15) is 51.9 Å². The van der Waals surface area contributed by atoms with Crippen molar-refractivity contribution in [1.29, 1.82) is 0 Å². The van der Waals surface area contributed by atoms with Crippen molar-refractivity contribution in [3.8, 4) is 0 Å². The molecule has 0 bridgehead atoms. The van der Waals surface area contributed by atoms with E-state index in [0.29, 0.717) is 0 Å². The molecule has 0 spiro atoms. The maximum absolute atomic E-state index is 12.3. The average Bonchev–Trinajstić information content (AvgIpc) is 2.65. The van der Waals surface area contributed by atoms with E-state index in [1.54, 1.807) is 0 Å². The zero-order valence-corrected chi connectivity index (χ0v) is 13.5. The van der Waals surface area contributed by atoms with Crippen LogP contribution in [0.25, 0.3) is 0 Å². The Morgan fingerprint density at radius 2 is 1.79 bits per heavy atom. The van der Waals surface area contributed by atoms with Gasteiger partial charge in [-0.05, 0) is 24.7 Å². The van der Waals surface area contributed by atoms with E-state index in [-0.39, 0.29) is 11.1 Å². The molecule has 1 fully saturated rings. The first-order chi connectivity index (χ1) is 9.21. The second-order valence-electron chi connectivity index (χ2n) is 5.95. The fourth-order valence-electron chi connectivity index (χ4n) is 3.16. The molecule has 0 unspecified atom stereocenters. The molecule has 0 aliphatic heterocycles. The van der Waals surface area contributed by atoms with Crippen LogP contribution >= 0.6 is 15.9 Å². The number of rotatable bonds is 5. The summed E-state index contributed by atoms with van der Waals surface area (Å²) in [5.74, 6) is 0. The smallest absolute Gasteiger partial charge is 0.299 e. The van der Waals surface area contributed by atoms with Crippen LogP contribution in [0.15, 0.2) is 17.2 Å². The lowest BCUT2D eigenvalue weighted by atomic mass is 9.82. The lowest BCUT2D eigenvalue weighted by Crippen LogP contribution is -2.34. The van der Waals surface area contributed by atoms with Crippen molar-refractivity contribution in [2.75, 3.05) is 5.33 Å². The number of aromatic nitrogens is 2. The Kier molecular flexibility index (Phi) is 5.31. The Morgan fingerprint density at radius 1 is 1.16 bits per heavy atom. The van der Waals surface area contributed by atoms with Crippen molar-refractivity contribution in [1.82, 2.24) is 9.13 Å². The molecule has 1 aromatic rings. The van der Waals surface area contributed by atoms with Gasteiger partial charge >= 0.3 is 5.69 Å². The third-order valence-corrected chi connectivity index (χ3v) is 5.53. The van der Waals surface area contributed by atoms with Crippen molar-refractivity contribution in [2.45, 2.75) is 65.0 Å². The fourth-order valence-corrected chi connectivity index (χ4v) is 3.90. The Hall–Kier alpha value is -0.510. The molecule has 2 rings (SSSR count). The summed E-state index contributed by atoms with van der Waals surface area (Å²) in [6, 6.07) is 0. The Balaban J connectivity index is 2.15. The van der Waals surface area contributed by atoms with Gasteiger partial charge in [-0.3, -0.25) is 9.13 Å². The monoisotopic (exact) mass is 328 g/mol. The molecule has 1 aromatic heterocycles. The van der Waals surface area contributed by atoms with Crippen LogP contribution < -0.4 is 5.69 Å². The quantitative estimate of drug-likeness (QED) is 0.596. The van der Waals surface area contributed by atoms with Gasteiger partial charge in [-0.25, -0.2) is 4.79 Å². The van der Waals surface area contributed by atoms with Crippen LogP contribution in [0.2, 0.25) is 0 Å². The van der Waals surface area contributed by atoms with Gasteiger partial charge in [0.2, 0.25) is 0 Å². The fraction of sp³-hybridized carbons (Fsp3) is 0.800. The van der Waals surface area contributed by atoms with Crippen LogP contribution in [0.4, 0.5) is 0 Å². The van der Waals surface area contributed by atoms with Crippen molar-refractivity contribution >= 4 is 15.9 Å². The van der Waals surface area contributed by atoms with Gasteiger partial charge in [-0.2, -0.15) is 0 Å². The Labute approximate surface area is 124 Å². The van der Waals surface area contributed by atoms with E-state index in [0.717, 1.165) is 24.8 Å². The molecule has 0 radical (unpaired) electrons. The molecule has 3 nitrogen and oxygen atoms in total. The van der Waals surface area contributed by atoms with Crippen LogP contribution in [0, 0.1) is 5.41 Å². The third kappa shape index (κ3) is 3.53. The highest BCUT2D eigenvalue weighted by Crippen LogP contribution is 2.37. The number of hydrogen-bond donors (Lipinski definition) is 0. The molecule has 0 atom stereocenters. The first-order valence-electron chi connectivity index (χ1n) is 7.52. The molecular weight excluding hydrogens is 304 g/mol. The third-order valence-electron chi connectivity index (χ3n) is 4.34. The van der Waals surface area contributed by atoms with E-state index in [4.69, 9.17) is 0 Å². The summed E-state index contributed by atoms with van der Waals surface area (Å²) >= 11 is 3.70. The van der Waals surface area contributed by atoms with E-state index in [1.165, 1.54) is 38.5 Å². The summed E-state index contributed by atoms with van der Waals surface area (Å²) < 4.78 is 3.75. The number of aryl methyl sites for hydroxylation is 1. The molecule has 1 aliphatic carbocycles. The molecule has 0 amide bonds. The summed E-state index contributed by atoms with van der Waals surface area (Å²) in [4.78, 5) is 12.3. The average molecular weight is 329 g/mol. The van der Waals surface area contributed by atoms with Crippen molar-refractivity contribution in [2.24, 2.45) is 5.41 Å². The maximum Gasteiger partial charge on any atom is 0.328 e. The summed E-state index contributed by atoms with van der Waals surface area (Å²) in [5.41, 5.74) is 0.435. The highest BCUT2D eigenvalue weighted by molar-refractivity contribution is 9.09. The van der Waals surface area contributed by atoms with Gasteiger partial charge in [0, 0.05) is 30.8 Å². The molecule has 0 N–H and O–H groups in total. The summed E-state index contributed by atoms with van der Waals surface area (Å²) in [6.07, 6.45) is 12.7. The molecule has 0 saturated heterocycles. The van der Waals surface area contributed by atoms with Gasteiger partial charge in [0.05, 0.1) is 0 Å². The lowest BCUT2D eigenvalue weighted by molar-refractivity contribution is 0.239. The SMILES string of the molecule is CCCn1ccn(CC2(CBr)CCCCCC2)c1=O. The number of alkyl halides is 1. The largest absolute Gasteiger partial charge is 0.328 e. The van der Waals surface area contributed by atoms with Crippen LogP contribution in [0.5, 0.6) is 0 Å². The molecule has 1 saturated carbocycles. The second-order valence-corrected chi connectivity index (χ2v) is 6.51. The maximum atomic E-state index is 12.3. The highest BCUT2D eigenvalue weighted by atomic mass is 79.9. The van der Waals surface area contributed by atoms with E-state index in [9.17, 15) is 4.79 Å². The van der Waals surface area contributed by atoms with E-state index >= 15 is 0 Å². The number of hydrogen-bond acceptors (Lipinski definition) is 1. The van der Waals surface area contributed by atoms with Gasteiger partial charge in [0.15, 0.2) is 0 Å². The van der Waals surface area contributed by atoms with Crippen molar-refractivity contribution < 1.29 is 0 Å². The molecule has 0 aromatic carbocycles. The minimum atomic E-state index is 0.159. The van der Waals surface area contributed by atoms with Gasteiger partial charge < -0.3 is 0 Å². The Morgan fingerprint density at radius 3 is 2.37 bits per heavy atom. The van der Waals surface area contributed by atoms with Gasteiger partial charge in [-0.15, -0.1) is 0 Å². The Bertz CT molecular complexity index is 441. The zero-order valence-electron chi connectivity index (χ0n) is 11.9. The summed E-state index contributed by atoms with van der Waals surface area (Å²) in [5, 5.41) is 1.01. The molecule has 19 heavy (non-hydrogen) atoms. The van der Waals surface area contributed by atoms with Crippen LogP contribution in [-0.2, 0) is 13.1 Å². The number of halogens is 1. The van der Waals surface area contributed by atoms with Gasteiger partial charge in [0.25, 0.3) is 0 Å². The topological polar surface area (TPSA) is 26.9 Å².